The Bertz CT molecular complexity index is 1190. The van der Waals surface area contributed by atoms with Crippen molar-refractivity contribution in [3.63, 3.8) is 0 Å². The number of hydrogen-bond donors (Lipinski definition) is 0. The van der Waals surface area contributed by atoms with Crippen LogP contribution in [-0.2, 0) is 19.0 Å². The van der Waals surface area contributed by atoms with E-state index in [9.17, 15) is 18.0 Å². The molecule has 0 saturated carbocycles. The lowest BCUT2D eigenvalue weighted by Crippen LogP contribution is -2.25. The van der Waals surface area contributed by atoms with Crippen LogP contribution in [0.4, 0.5) is 13.2 Å². The molecular weight excluding hydrogens is 407 g/mol. The first kappa shape index (κ1) is 21.0. The smallest absolute Gasteiger partial charge is 0.418 e. The third-order valence-corrected chi connectivity index (χ3v) is 5.66. The first-order chi connectivity index (χ1) is 14.7. The molecule has 0 atom stereocenters. The highest BCUT2D eigenvalue weighted by molar-refractivity contribution is 5.72. The summed E-state index contributed by atoms with van der Waals surface area (Å²) in [6.45, 7) is 1.70. The molecule has 162 valence electrons. The molecule has 7 heteroatoms. The quantitative estimate of drug-likeness (QED) is 0.562. The molecule has 0 radical (unpaired) electrons. The van der Waals surface area contributed by atoms with Crippen molar-refractivity contribution < 1.29 is 22.6 Å². The number of pyridine rings is 1. The zero-order valence-electron chi connectivity index (χ0n) is 17.5. The van der Waals surface area contributed by atoms with Crippen LogP contribution in [-0.4, -0.2) is 18.8 Å². The van der Waals surface area contributed by atoms with Gasteiger partial charge in [0.1, 0.15) is 11.5 Å². The largest absolute Gasteiger partial charge is 0.497 e. The van der Waals surface area contributed by atoms with Crippen LogP contribution in [0.5, 0.6) is 11.5 Å². The SMILES string of the molecule is COc1cc(OC)cc(-c2cn(-c3cc(C)ccc3C(F)(F)F)c(=O)c3c2CCC3)c1. The third-order valence-electron chi connectivity index (χ3n) is 5.66. The van der Waals surface area contributed by atoms with Crippen molar-refractivity contribution in [2.75, 3.05) is 14.2 Å². The van der Waals surface area contributed by atoms with Gasteiger partial charge in [0.25, 0.3) is 5.56 Å². The summed E-state index contributed by atoms with van der Waals surface area (Å²) in [6, 6.07) is 9.15. The zero-order valence-corrected chi connectivity index (χ0v) is 17.5. The summed E-state index contributed by atoms with van der Waals surface area (Å²) in [5.74, 6) is 1.12. The van der Waals surface area contributed by atoms with E-state index < -0.39 is 17.3 Å². The molecule has 0 N–H and O–H groups in total. The standard InChI is InChI=1S/C24H22F3NO3/c1-14-7-8-21(24(25,26)27)22(9-14)28-13-20(18-5-4-6-19(18)23(28)29)15-10-16(30-2)12-17(11-15)31-3/h7-13H,4-6H2,1-3H3. The predicted octanol–water partition coefficient (Wildman–Crippen LogP) is 5.34. The molecular formula is C24H22F3NO3. The van der Waals surface area contributed by atoms with E-state index in [0.717, 1.165) is 28.2 Å². The number of alkyl halides is 3. The summed E-state index contributed by atoms with van der Waals surface area (Å²) in [5, 5.41) is 0. The van der Waals surface area contributed by atoms with E-state index in [2.05, 4.69) is 0 Å². The van der Waals surface area contributed by atoms with Crippen molar-refractivity contribution in [1.29, 1.82) is 0 Å². The van der Waals surface area contributed by atoms with Crippen LogP contribution in [0.1, 0.15) is 28.7 Å². The number of hydrogen-bond acceptors (Lipinski definition) is 3. The Balaban J connectivity index is 2.03. The number of fused-ring (bicyclic) bond motifs is 1. The van der Waals surface area contributed by atoms with Crippen molar-refractivity contribution in [1.82, 2.24) is 4.57 Å². The fourth-order valence-electron chi connectivity index (χ4n) is 4.16. The van der Waals surface area contributed by atoms with Gasteiger partial charge in [0.05, 0.1) is 25.5 Å². The molecule has 0 bridgehead atoms. The maximum absolute atomic E-state index is 13.7. The van der Waals surface area contributed by atoms with Crippen LogP contribution in [0, 0.1) is 6.92 Å². The number of nitrogens with zero attached hydrogens (tertiary/aromatic N) is 1. The zero-order chi connectivity index (χ0) is 22.3. The van der Waals surface area contributed by atoms with Gasteiger partial charge in [0, 0.05) is 23.4 Å². The molecule has 0 fully saturated rings. The maximum atomic E-state index is 13.7. The van der Waals surface area contributed by atoms with Crippen molar-refractivity contribution >= 4 is 0 Å². The van der Waals surface area contributed by atoms with E-state index in [1.165, 1.54) is 32.5 Å². The average Bonchev–Trinajstić information content (AvgIpc) is 3.23. The van der Waals surface area contributed by atoms with Gasteiger partial charge in [-0.25, -0.2) is 0 Å². The van der Waals surface area contributed by atoms with E-state index in [-0.39, 0.29) is 5.69 Å². The lowest BCUT2D eigenvalue weighted by atomic mass is 9.98. The third kappa shape index (κ3) is 3.80. The van der Waals surface area contributed by atoms with E-state index in [0.29, 0.717) is 41.0 Å². The van der Waals surface area contributed by atoms with Crippen molar-refractivity contribution in [2.45, 2.75) is 32.4 Å². The van der Waals surface area contributed by atoms with Crippen LogP contribution in [0.25, 0.3) is 16.8 Å². The molecule has 3 aromatic rings. The summed E-state index contributed by atoms with van der Waals surface area (Å²) < 4.78 is 53.1. The summed E-state index contributed by atoms with van der Waals surface area (Å²) >= 11 is 0. The number of ether oxygens (including phenoxy) is 2. The first-order valence-electron chi connectivity index (χ1n) is 9.92. The monoisotopic (exact) mass is 429 g/mol. The molecule has 1 heterocycles. The van der Waals surface area contributed by atoms with Gasteiger partial charge in [-0.1, -0.05) is 6.07 Å². The van der Waals surface area contributed by atoms with Crippen LogP contribution in [0.2, 0.25) is 0 Å². The Labute approximate surface area is 177 Å². The topological polar surface area (TPSA) is 40.5 Å². The number of aromatic nitrogens is 1. The number of methoxy groups -OCH3 is 2. The van der Waals surface area contributed by atoms with E-state index in [4.69, 9.17) is 9.47 Å². The van der Waals surface area contributed by atoms with E-state index in [1.807, 2.05) is 0 Å². The molecule has 0 aliphatic heterocycles. The molecule has 0 amide bonds. The van der Waals surface area contributed by atoms with Crippen molar-refractivity contribution in [2.24, 2.45) is 0 Å². The fraction of sp³-hybridized carbons (Fsp3) is 0.292. The highest BCUT2D eigenvalue weighted by Crippen LogP contribution is 2.38. The second-order valence-electron chi connectivity index (χ2n) is 7.65. The molecule has 4 rings (SSSR count). The van der Waals surface area contributed by atoms with Gasteiger partial charge in [-0.15, -0.1) is 0 Å². The van der Waals surface area contributed by atoms with Crippen LogP contribution >= 0.6 is 0 Å². The predicted molar refractivity (Wildman–Crippen MR) is 112 cm³/mol. The van der Waals surface area contributed by atoms with Crippen LogP contribution in [0.3, 0.4) is 0 Å². The molecule has 0 unspecified atom stereocenters. The Morgan fingerprint density at radius 2 is 1.58 bits per heavy atom. The van der Waals surface area contributed by atoms with Gasteiger partial charge >= 0.3 is 6.18 Å². The average molecular weight is 429 g/mol. The Hall–Kier alpha value is -3.22. The minimum atomic E-state index is -4.58. The molecule has 4 nitrogen and oxygen atoms in total. The summed E-state index contributed by atoms with van der Waals surface area (Å²) in [7, 11) is 3.07. The van der Waals surface area contributed by atoms with Crippen LogP contribution in [0.15, 0.2) is 47.4 Å². The van der Waals surface area contributed by atoms with E-state index in [1.54, 1.807) is 25.1 Å². The number of aryl methyl sites for hydroxylation is 1. The van der Waals surface area contributed by atoms with Gasteiger partial charge in [0.15, 0.2) is 0 Å². The van der Waals surface area contributed by atoms with Gasteiger partial charge in [-0.2, -0.15) is 13.2 Å². The fourth-order valence-corrected chi connectivity index (χ4v) is 4.16. The van der Waals surface area contributed by atoms with Gasteiger partial charge in [-0.05, 0) is 67.1 Å². The minimum Gasteiger partial charge on any atom is -0.497 e. The molecule has 0 saturated heterocycles. The molecule has 1 aromatic heterocycles. The normalized spacial score (nSPS) is 13.2. The molecule has 1 aliphatic carbocycles. The van der Waals surface area contributed by atoms with Crippen LogP contribution < -0.4 is 15.0 Å². The highest BCUT2D eigenvalue weighted by atomic mass is 19.4. The summed E-state index contributed by atoms with van der Waals surface area (Å²) in [6.07, 6.45) is -1.05. The maximum Gasteiger partial charge on any atom is 0.418 e. The highest BCUT2D eigenvalue weighted by Gasteiger charge is 2.35. The Morgan fingerprint density at radius 1 is 0.935 bits per heavy atom. The number of halogens is 3. The summed E-state index contributed by atoms with van der Waals surface area (Å²) in [4.78, 5) is 13.2. The second-order valence-corrected chi connectivity index (χ2v) is 7.65. The van der Waals surface area contributed by atoms with E-state index >= 15 is 0 Å². The lowest BCUT2D eigenvalue weighted by Gasteiger charge is -2.19. The van der Waals surface area contributed by atoms with Gasteiger partial charge in [-0.3, -0.25) is 9.36 Å². The Morgan fingerprint density at radius 3 is 2.19 bits per heavy atom. The van der Waals surface area contributed by atoms with Crippen molar-refractivity contribution in [3.05, 3.63) is 75.2 Å². The molecule has 31 heavy (non-hydrogen) atoms. The first-order valence-corrected chi connectivity index (χ1v) is 9.92. The number of rotatable bonds is 4. The molecule has 0 spiro atoms. The summed E-state index contributed by atoms with van der Waals surface area (Å²) in [5.41, 5.74) is 2.10. The molecule has 1 aliphatic rings. The minimum absolute atomic E-state index is 0.164. The number of benzene rings is 2. The Kier molecular flexibility index (Phi) is 5.29. The van der Waals surface area contributed by atoms with Gasteiger partial charge in [0.2, 0.25) is 0 Å². The second kappa shape index (κ2) is 7.80. The lowest BCUT2D eigenvalue weighted by molar-refractivity contribution is -0.137. The molecule has 2 aromatic carbocycles. The van der Waals surface area contributed by atoms with Crippen molar-refractivity contribution in [3.8, 4) is 28.3 Å². The van der Waals surface area contributed by atoms with Gasteiger partial charge < -0.3 is 9.47 Å².